The second-order valence-corrected chi connectivity index (χ2v) is 8.36. The van der Waals surface area contributed by atoms with E-state index in [0.717, 1.165) is 32.4 Å². The first kappa shape index (κ1) is 16.2. The van der Waals surface area contributed by atoms with Crippen molar-refractivity contribution in [3.63, 3.8) is 0 Å². The molecule has 118 valence electrons. The highest BCUT2D eigenvalue weighted by Gasteiger charge is 2.34. The van der Waals surface area contributed by atoms with Crippen LogP contribution in [-0.4, -0.2) is 69.8 Å². The van der Waals surface area contributed by atoms with Gasteiger partial charge in [0.2, 0.25) is 10.0 Å². The van der Waals surface area contributed by atoms with Crippen molar-refractivity contribution in [3.05, 3.63) is 0 Å². The standard InChI is InChI=1S/C14H29N3O2S/c1-16(2)12-8-10-17(11-9-12)14-7-5-4-6-13(14)15-20(3,18)19/h12-15H,4-11H2,1-3H3/t13-,14?/m1/s1. The topological polar surface area (TPSA) is 52.6 Å². The van der Waals surface area contributed by atoms with Gasteiger partial charge in [-0.2, -0.15) is 0 Å². The molecule has 6 heteroatoms. The molecule has 1 N–H and O–H groups in total. The Morgan fingerprint density at radius 3 is 2.20 bits per heavy atom. The first-order chi connectivity index (χ1) is 9.37. The maximum absolute atomic E-state index is 11.5. The Balaban J connectivity index is 1.95. The monoisotopic (exact) mass is 303 g/mol. The Morgan fingerprint density at radius 2 is 1.65 bits per heavy atom. The lowest BCUT2D eigenvalue weighted by molar-refractivity contribution is 0.0759. The van der Waals surface area contributed by atoms with Gasteiger partial charge in [-0.25, -0.2) is 13.1 Å². The van der Waals surface area contributed by atoms with Crippen LogP contribution in [0.5, 0.6) is 0 Å². The average Bonchev–Trinajstić information content (AvgIpc) is 2.37. The molecular formula is C14H29N3O2S. The molecule has 1 saturated heterocycles. The van der Waals surface area contributed by atoms with Crippen LogP contribution in [0.15, 0.2) is 0 Å². The molecule has 1 heterocycles. The van der Waals surface area contributed by atoms with Crippen molar-refractivity contribution in [1.82, 2.24) is 14.5 Å². The largest absolute Gasteiger partial charge is 0.306 e. The summed E-state index contributed by atoms with van der Waals surface area (Å²) in [4.78, 5) is 4.83. The van der Waals surface area contributed by atoms with Gasteiger partial charge in [-0.3, -0.25) is 4.90 Å². The minimum atomic E-state index is -3.10. The highest BCUT2D eigenvalue weighted by atomic mass is 32.2. The van der Waals surface area contributed by atoms with Gasteiger partial charge >= 0.3 is 0 Å². The fraction of sp³-hybridized carbons (Fsp3) is 1.00. The van der Waals surface area contributed by atoms with Crippen LogP contribution in [0.1, 0.15) is 38.5 Å². The fourth-order valence-electron chi connectivity index (χ4n) is 3.69. The van der Waals surface area contributed by atoms with Crippen LogP contribution >= 0.6 is 0 Å². The minimum Gasteiger partial charge on any atom is -0.306 e. The van der Waals surface area contributed by atoms with Gasteiger partial charge in [-0.1, -0.05) is 12.8 Å². The van der Waals surface area contributed by atoms with Crippen molar-refractivity contribution < 1.29 is 8.42 Å². The van der Waals surface area contributed by atoms with E-state index in [1.54, 1.807) is 0 Å². The van der Waals surface area contributed by atoms with Crippen molar-refractivity contribution in [2.75, 3.05) is 33.4 Å². The van der Waals surface area contributed by atoms with Crippen molar-refractivity contribution in [2.45, 2.75) is 56.7 Å². The van der Waals surface area contributed by atoms with E-state index in [4.69, 9.17) is 0 Å². The number of rotatable bonds is 4. The van der Waals surface area contributed by atoms with E-state index < -0.39 is 10.0 Å². The number of nitrogens with zero attached hydrogens (tertiary/aromatic N) is 2. The molecule has 1 aliphatic heterocycles. The quantitative estimate of drug-likeness (QED) is 0.837. The Hall–Kier alpha value is -0.170. The van der Waals surface area contributed by atoms with Crippen molar-refractivity contribution in [3.8, 4) is 0 Å². The summed E-state index contributed by atoms with van der Waals surface area (Å²) >= 11 is 0. The summed E-state index contributed by atoms with van der Waals surface area (Å²) in [7, 11) is 1.19. The number of likely N-dealkylation sites (tertiary alicyclic amines) is 1. The van der Waals surface area contributed by atoms with E-state index in [9.17, 15) is 8.42 Å². The summed E-state index contributed by atoms with van der Waals surface area (Å²) in [5.74, 6) is 0. The highest BCUT2D eigenvalue weighted by molar-refractivity contribution is 7.88. The third kappa shape index (κ3) is 4.41. The van der Waals surface area contributed by atoms with Gasteiger partial charge < -0.3 is 4.90 Å². The molecule has 1 saturated carbocycles. The van der Waals surface area contributed by atoms with Crippen LogP contribution in [0.25, 0.3) is 0 Å². The van der Waals surface area contributed by atoms with E-state index in [2.05, 4.69) is 28.6 Å². The molecule has 2 fully saturated rings. The summed E-state index contributed by atoms with van der Waals surface area (Å²) in [6, 6.07) is 1.17. The van der Waals surface area contributed by atoms with Gasteiger partial charge in [0.25, 0.3) is 0 Å². The molecule has 1 unspecified atom stereocenters. The molecular weight excluding hydrogens is 274 g/mol. The second-order valence-electron chi connectivity index (χ2n) is 6.58. The van der Waals surface area contributed by atoms with Crippen LogP contribution in [0, 0.1) is 0 Å². The Bertz CT molecular complexity index is 403. The molecule has 0 aromatic rings. The fourth-order valence-corrected chi connectivity index (χ4v) is 4.52. The summed E-state index contributed by atoms with van der Waals surface area (Å²) < 4.78 is 25.9. The molecule has 0 amide bonds. The number of sulfonamides is 1. The third-order valence-electron chi connectivity index (χ3n) is 4.79. The van der Waals surface area contributed by atoms with Crippen molar-refractivity contribution in [1.29, 1.82) is 0 Å². The summed E-state index contributed by atoms with van der Waals surface area (Å²) in [5, 5.41) is 0. The number of nitrogens with one attached hydrogen (secondary N) is 1. The van der Waals surface area contributed by atoms with Gasteiger partial charge in [-0.05, 0) is 52.9 Å². The van der Waals surface area contributed by atoms with Crippen LogP contribution in [0.4, 0.5) is 0 Å². The number of hydrogen-bond acceptors (Lipinski definition) is 4. The van der Waals surface area contributed by atoms with Crippen molar-refractivity contribution in [2.24, 2.45) is 0 Å². The first-order valence-corrected chi connectivity index (χ1v) is 9.64. The summed E-state index contributed by atoms with van der Waals surface area (Å²) in [6.07, 6.45) is 8.12. The molecule has 2 aliphatic rings. The summed E-state index contributed by atoms with van der Waals surface area (Å²) in [5.41, 5.74) is 0. The van der Waals surface area contributed by atoms with Gasteiger partial charge in [0, 0.05) is 18.1 Å². The Kier molecular flexibility index (Phi) is 5.45. The Labute approximate surface area is 123 Å². The molecule has 0 spiro atoms. The van der Waals surface area contributed by atoms with E-state index in [1.807, 2.05) is 0 Å². The van der Waals surface area contributed by atoms with E-state index in [0.29, 0.717) is 12.1 Å². The lowest BCUT2D eigenvalue weighted by Gasteiger charge is -2.44. The molecule has 5 nitrogen and oxygen atoms in total. The zero-order chi connectivity index (χ0) is 14.8. The van der Waals surface area contributed by atoms with Crippen LogP contribution in [0.2, 0.25) is 0 Å². The van der Waals surface area contributed by atoms with E-state index >= 15 is 0 Å². The van der Waals surface area contributed by atoms with Crippen molar-refractivity contribution >= 4 is 10.0 Å². The number of piperidine rings is 1. The first-order valence-electron chi connectivity index (χ1n) is 7.74. The zero-order valence-electron chi connectivity index (χ0n) is 13.0. The highest BCUT2D eigenvalue weighted by Crippen LogP contribution is 2.27. The average molecular weight is 303 g/mol. The van der Waals surface area contributed by atoms with E-state index in [-0.39, 0.29) is 6.04 Å². The predicted octanol–water partition coefficient (Wildman–Crippen LogP) is 0.873. The van der Waals surface area contributed by atoms with Crippen LogP contribution < -0.4 is 4.72 Å². The van der Waals surface area contributed by atoms with E-state index in [1.165, 1.54) is 25.5 Å². The smallest absolute Gasteiger partial charge is 0.209 e. The predicted molar refractivity (Wildman–Crippen MR) is 82.3 cm³/mol. The van der Waals surface area contributed by atoms with Crippen LogP contribution in [0.3, 0.4) is 0 Å². The molecule has 2 atom stereocenters. The van der Waals surface area contributed by atoms with Crippen LogP contribution in [-0.2, 0) is 10.0 Å². The lowest BCUT2D eigenvalue weighted by atomic mass is 9.88. The van der Waals surface area contributed by atoms with Gasteiger partial charge in [0.1, 0.15) is 0 Å². The Morgan fingerprint density at radius 1 is 1.05 bits per heavy atom. The molecule has 0 aromatic heterocycles. The van der Waals surface area contributed by atoms with Gasteiger partial charge in [0.15, 0.2) is 0 Å². The van der Waals surface area contributed by atoms with Gasteiger partial charge in [0.05, 0.1) is 6.26 Å². The molecule has 0 aromatic carbocycles. The molecule has 0 bridgehead atoms. The second kappa shape index (κ2) is 6.73. The SMILES string of the molecule is CN(C)C1CCN(C2CCCC[C@H]2NS(C)(=O)=O)CC1. The third-order valence-corrected chi connectivity index (χ3v) is 5.52. The minimum absolute atomic E-state index is 0.106. The molecule has 1 aliphatic carbocycles. The zero-order valence-corrected chi connectivity index (χ0v) is 13.8. The molecule has 2 rings (SSSR count). The molecule has 20 heavy (non-hydrogen) atoms. The maximum Gasteiger partial charge on any atom is 0.209 e. The summed E-state index contributed by atoms with van der Waals surface area (Å²) in [6.45, 7) is 2.19. The molecule has 0 radical (unpaired) electrons. The maximum atomic E-state index is 11.5. The van der Waals surface area contributed by atoms with Gasteiger partial charge in [-0.15, -0.1) is 0 Å². The number of hydrogen-bond donors (Lipinski definition) is 1. The normalized spacial score (nSPS) is 30.8. The lowest BCUT2D eigenvalue weighted by Crippen LogP contribution is -2.56.